The van der Waals surface area contributed by atoms with Crippen molar-refractivity contribution in [2.24, 2.45) is 0 Å². The lowest BCUT2D eigenvalue weighted by molar-refractivity contribution is 0.222. The molecule has 3 rings (SSSR count). The largest absolute Gasteiger partial charge is 0.456 e. The molecular formula is C16H18N4O2. The van der Waals surface area contributed by atoms with E-state index in [0.717, 1.165) is 25.9 Å². The van der Waals surface area contributed by atoms with Crippen LogP contribution in [0.5, 0.6) is 11.5 Å². The summed E-state index contributed by atoms with van der Waals surface area (Å²) >= 11 is 0. The molecule has 1 saturated heterocycles. The molecule has 1 aromatic heterocycles. The molecule has 0 saturated carbocycles. The van der Waals surface area contributed by atoms with Crippen LogP contribution >= 0.6 is 0 Å². The number of aromatic nitrogens is 1. The molecule has 2 aromatic rings. The smallest absolute Gasteiger partial charge is 0.323 e. The number of carbonyl (C=O) groups is 1. The van der Waals surface area contributed by atoms with Crippen molar-refractivity contribution in [1.29, 1.82) is 0 Å². The predicted octanol–water partition coefficient (Wildman–Crippen LogP) is 3.08. The quantitative estimate of drug-likeness (QED) is 0.853. The van der Waals surface area contributed by atoms with Crippen LogP contribution in [0.3, 0.4) is 0 Å². The van der Waals surface area contributed by atoms with Gasteiger partial charge in [-0.25, -0.2) is 9.78 Å². The third kappa shape index (κ3) is 3.46. The lowest BCUT2D eigenvalue weighted by Gasteiger charge is -2.15. The molecule has 1 aliphatic heterocycles. The van der Waals surface area contributed by atoms with E-state index in [4.69, 9.17) is 10.5 Å². The summed E-state index contributed by atoms with van der Waals surface area (Å²) in [4.78, 5) is 17.9. The van der Waals surface area contributed by atoms with Gasteiger partial charge in [-0.3, -0.25) is 5.32 Å². The fourth-order valence-corrected chi connectivity index (χ4v) is 2.34. The standard InChI is InChI=1S/C16H18N4O2/c17-12-4-3-5-13(10-12)22-14-6-7-15(18-11-14)19-16(21)20-8-1-2-9-20/h3-7,10-11H,1-2,8-9,17H2,(H,18,19,21). The highest BCUT2D eigenvalue weighted by Gasteiger charge is 2.17. The van der Waals surface area contributed by atoms with E-state index in [-0.39, 0.29) is 6.03 Å². The maximum absolute atomic E-state index is 12.0. The second-order valence-corrected chi connectivity index (χ2v) is 5.18. The first-order valence-corrected chi connectivity index (χ1v) is 7.26. The number of urea groups is 1. The van der Waals surface area contributed by atoms with E-state index in [1.54, 1.807) is 35.4 Å². The average molecular weight is 298 g/mol. The molecule has 0 atom stereocenters. The van der Waals surface area contributed by atoms with E-state index in [0.29, 0.717) is 23.0 Å². The summed E-state index contributed by atoms with van der Waals surface area (Å²) in [6, 6.07) is 10.5. The molecular weight excluding hydrogens is 280 g/mol. The van der Waals surface area contributed by atoms with Crippen LogP contribution in [0.25, 0.3) is 0 Å². The Morgan fingerprint density at radius 3 is 2.68 bits per heavy atom. The van der Waals surface area contributed by atoms with Gasteiger partial charge in [-0.2, -0.15) is 0 Å². The number of ether oxygens (including phenoxy) is 1. The fraction of sp³-hybridized carbons (Fsp3) is 0.250. The molecule has 3 N–H and O–H groups in total. The van der Waals surface area contributed by atoms with Gasteiger partial charge in [0.2, 0.25) is 0 Å². The normalized spacial score (nSPS) is 13.9. The molecule has 22 heavy (non-hydrogen) atoms. The van der Waals surface area contributed by atoms with Crippen LogP contribution in [0.15, 0.2) is 42.6 Å². The van der Waals surface area contributed by atoms with E-state index in [1.807, 2.05) is 12.1 Å². The summed E-state index contributed by atoms with van der Waals surface area (Å²) in [5.74, 6) is 1.75. The molecule has 1 aromatic carbocycles. The van der Waals surface area contributed by atoms with Gasteiger partial charge in [0.25, 0.3) is 0 Å². The topological polar surface area (TPSA) is 80.5 Å². The van der Waals surface area contributed by atoms with Crippen molar-refractivity contribution in [3.63, 3.8) is 0 Å². The summed E-state index contributed by atoms with van der Waals surface area (Å²) < 4.78 is 5.65. The number of pyridine rings is 1. The summed E-state index contributed by atoms with van der Waals surface area (Å²) in [5.41, 5.74) is 6.34. The van der Waals surface area contributed by atoms with Gasteiger partial charge >= 0.3 is 6.03 Å². The summed E-state index contributed by atoms with van der Waals surface area (Å²) in [6.07, 6.45) is 3.70. The molecule has 6 nitrogen and oxygen atoms in total. The molecule has 0 bridgehead atoms. The van der Waals surface area contributed by atoms with Crippen molar-refractivity contribution in [2.45, 2.75) is 12.8 Å². The fourth-order valence-electron chi connectivity index (χ4n) is 2.34. The van der Waals surface area contributed by atoms with E-state index in [2.05, 4.69) is 10.3 Å². The van der Waals surface area contributed by atoms with Gasteiger partial charge in [0, 0.05) is 24.8 Å². The highest BCUT2D eigenvalue weighted by atomic mass is 16.5. The van der Waals surface area contributed by atoms with Crippen LogP contribution in [0.1, 0.15) is 12.8 Å². The second-order valence-electron chi connectivity index (χ2n) is 5.18. The Hall–Kier alpha value is -2.76. The van der Waals surface area contributed by atoms with Crippen LogP contribution < -0.4 is 15.8 Å². The number of benzene rings is 1. The summed E-state index contributed by atoms with van der Waals surface area (Å²) in [7, 11) is 0. The Kier molecular flexibility index (Phi) is 4.09. The molecule has 114 valence electrons. The van der Waals surface area contributed by atoms with Crippen molar-refractivity contribution in [2.75, 3.05) is 24.1 Å². The van der Waals surface area contributed by atoms with Gasteiger partial charge in [-0.15, -0.1) is 0 Å². The second kappa shape index (κ2) is 6.34. The molecule has 0 spiro atoms. The highest BCUT2D eigenvalue weighted by molar-refractivity contribution is 5.88. The zero-order valence-electron chi connectivity index (χ0n) is 12.2. The number of nitrogens with two attached hydrogens (primary N) is 1. The summed E-state index contributed by atoms with van der Waals surface area (Å²) in [5, 5.41) is 2.78. The van der Waals surface area contributed by atoms with Crippen LogP contribution in [0.2, 0.25) is 0 Å². The first-order chi connectivity index (χ1) is 10.7. The minimum absolute atomic E-state index is 0.102. The highest BCUT2D eigenvalue weighted by Crippen LogP contribution is 2.23. The van der Waals surface area contributed by atoms with E-state index >= 15 is 0 Å². The number of nitrogen functional groups attached to an aromatic ring is 1. The predicted molar refractivity (Wildman–Crippen MR) is 85.0 cm³/mol. The van der Waals surface area contributed by atoms with Crippen LogP contribution in [-0.2, 0) is 0 Å². The number of anilines is 2. The van der Waals surface area contributed by atoms with Crippen molar-refractivity contribution in [3.8, 4) is 11.5 Å². The molecule has 0 aliphatic carbocycles. The first-order valence-electron chi connectivity index (χ1n) is 7.26. The number of likely N-dealkylation sites (tertiary alicyclic amines) is 1. The Labute approximate surface area is 128 Å². The molecule has 0 radical (unpaired) electrons. The van der Waals surface area contributed by atoms with Crippen molar-refractivity contribution < 1.29 is 9.53 Å². The van der Waals surface area contributed by atoms with Gasteiger partial charge < -0.3 is 15.4 Å². The average Bonchev–Trinajstić information content (AvgIpc) is 3.04. The minimum Gasteiger partial charge on any atom is -0.456 e. The Balaban J connectivity index is 1.61. The van der Waals surface area contributed by atoms with Crippen LogP contribution in [0, 0.1) is 0 Å². The maximum Gasteiger partial charge on any atom is 0.323 e. The van der Waals surface area contributed by atoms with E-state index in [9.17, 15) is 4.79 Å². The van der Waals surface area contributed by atoms with Gasteiger partial charge in [0.05, 0.1) is 6.20 Å². The zero-order chi connectivity index (χ0) is 15.4. The Morgan fingerprint density at radius 1 is 1.18 bits per heavy atom. The molecule has 0 unspecified atom stereocenters. The maximum atomic E-state index is 12.0. The van der Waals surface area contributed by atoms with Crippen LogP contribution in [-0.4, -0.2) is 29.0 Å². The van der Waals surface area contributed by atoms with Gasteiger partial charge in [0.15, 0.2) is 0 Å². The van der Waals surface area contributed by atoms with Gasteiger partial charge in [-0.1, -0.05) is 6.07 Å². The van der Waals surface area contributed by atoms with E-state index < -0.39 is 0 Å². The van der Waals surface area contributed by atoms with Crippen molar-refractivity contribution >= 4 is 17.5 Å². The molecule has 1 aliphatic rings. The Morgan fingerprint density at radius 2 is 2.00 bits per heavy atom. The van der Waals surface area contributed by atoms with Gasteiger partial charge in [0.1, 0.15) is 17.3 Å². The van der Waals surface area contributed by atoms with Crippen LogP contribution in [0.4, 0.5) is 16.3 Å². The first kappa shape index (κ1) is 14.2. The number of nitrogens with zero attached hydrogens (tertiary/aromatic N) is 2. The number of amides is 2. The molecule has 2 heterocycles. The summed E-state index contributed by atoms with van der Waals surface area (Å²) in [6.45, 7) is 1.62. The third-order valence-corrected chi connectivity index (χ3v) is 3.46. The number of hydrogen-bond donors (Lipinski definition) is 2. The lowest BCUT2D eigenvalue weighted by Crippen LogP contribution is -2.32. The third-order valence-electron chi connectivity index (χ3n) is 3.46. The molecule has 6 heteroatoms. The number of nitrogens with one attached hydrogen (secondary N) is 1. The number of rotatable bonds is 3. The van der Waals surface area contributed by atoms with Gasteiger partial charge in [-0.05, 0) is 37.1 Å². The molecule has 1 fully saturated rings. The minimum atomic E-state index is -0.102. The monoisotopic (exact) mass is 298 g/mol. The van der Waals surface area contributed by atoms with E-state index in [1.165, 1.54) is 0 Å². The Bertz CT molecular complexity index is 651. The number of carbonyl (C=O) groups excluding carboxylic acids is 1. The SMILES string of the molecule is Nc1cccc(Oc2ccc(NC(=O)N3CCCC3)nc2)c1. The zero-order valence-corrected chi connectivity index (χ0v) is 12.2. The van der Waals surface area contributed by atoms with Crippen molar-refractivity contribution in [3.05, 3.63) is 42.6 Å². The molecule has 2 amide bonds. The lowest BCUT2D eigenvalue weighted by atomic mass is 10.3. The van der Waals surface area contributed by atoms with Crippen molar-refractivity contribution in [1.82, 2.24) is 9.88 Å². The number of hydrogen-bond acceptors (Lipinski definition) is 4.